The van der Waals surface area contributed by atoms with Crippen LogP contribution in [0.1, 0.15) is 22.7 Å². The third-order valence-corrected chi connectivity index (χ3v) is 5.62. The van der Waals surface area contributed by atoms with Crippen molar-refractivity contribution < 1.29 is 19.4 Å². The lowest BCUT2D eigenvalue weighted by atomic mass is 9.98. The monoisotopic (exact) mass is 466 g/mol. The molecule has 0 fully saturated rings. The van der Waals surface area contributed by atoms with Crippen molar-refractivity contribution in [1.82, 2.24) is 10.3 Å². The highest BCUT2D eigenvalue weighted by atomic mass is 79.9. The van der Waals surface area contributed by atoms with Crippen LogP contribution in [0, 0.1) is 0 Å². The van der Waals surface area contributed by atoms with Gasteiger partial charge in [-0.2, -0.15) is 0 Å². The number of benzene rings is 2. The first-order chi connectivity index (χ1) is 14.5. The van der Waals surface area contributed by atoms with E-state index in [-0.39, 0.29) is 18.9 Å². The third-order valence-electron chi connectivity index (χ3n) is 5.13. The van der Waals surface area contributed by atoms with E-state index in [1.165, 1.54) is 0 Å². The fraction of sp³-hybridized carbons (Fsp3) is 0.174. The molecule has 0 saturated heterocycles. The van der Waals surface area contributed by atoms with Gasteiger partial charge >= 0.3 is 12.1 Å². The zero-order valence-electron chi connectivity index (χ0n) is 15.9. The summed E-state index contributed by atoms with van der Waals surface area (Å²) in [5, 5.41) is 11.9. The molecular formula is C23H19BrN2O4. The minimum absolute atomic E-state index is 0.0545. The van der Waals surface area contributed by atoms with Gasteiger partial charge in [-0.05, 0) is 34.4 Å². The Morgan fingerprint density at radius 2 is 1.70 bits per heavy atom. The van der Waals surface area contributed by atoms with Crippen LogP contribution in [0.15, 0.2) is 71.3 Å². The molecule has 7 heteroatoms. The second-order valence-electron chi connectivity index (χ2n) is 7.03. The number of alkyl carbamates (subject to hydrolysis) is 1. The van der Waals surface area contributed by atoms with Gasteiger partial charge in [0.05, 0.1) is 0 Å². The van der Waals surface area contributed by atoms with Crippen LogP contribution in [0.2, 0.25) is 0 Å². The molecule has 2 N–H and O–H groups in total. The summed E-state index contributed by atoms with van der Waals surface area (Å²) in [4.78, 5) is 28.1. The molecule has 1 aromatic heterocycles. The molecule has 0 aliphatic heterocycles. The van der Waals surface area contributed by atoms with Crippen LogP contribution in [-0.4, -0.2) is 34.8 Å². The first-order valence-electron chi connectivity index (χ1n) is 9.47. The predicted octanol–water partition coefficient (Wildman–Crippen LogP) is 4.38. The lowest BCUT2D eigenvalue weighted by Gasteiger charge is -2.17. The molecule has 0 spiro atoms. The van der Waals surface area contributed by atoms with E-state index in [9.17, 15) is 14.7 Å². The van der Waals surface area contributed by atoms with E-state index >= 15 is 0 Å². The van der Waals surface area contributed by atoms with Crippen LogP contribution in [0.4, 0.5) is 4.79 Å². The van der Waals surface area contributed by atoms with Crippen LogP contribution >= 0.6 is 15.9 Å². The van der Waals surface area contributed by atoms with Crippen molar-refractivity contribution in [3.8, 4) is 11.1 Å². The van der Waals surface area contributed by atoms with Crippen molar-refractivity contribution >= 4 is 28.0 Å². The number of rotatable bonds is 6. The van der Waals surface area contributed by atoms with E-state index in [1.807, 2.05) is 36.4 Å². The maximum atomic E-state index is 12.4. The van der Waals surface area contributed by atoms with Crippen molar-refractivity contribution in [3.05, 3.63) is 88.2 Å². The minimum Gasteiger partial charge on any atom is -0.480 e. The van der Waals surface area contributed by atoms with E-state index in [0.717, 1.165) is 26.7 Å². The fourth-order valence-corrected chi connectivity index (χ4v) is 4.13. The Hall–Kier alpha value is -3.19. The van der Waals surface area contributed by atoms with Crippen LogP contribution in [-0.2, 0) is 16.0 Å². The molecule has 6 nitrogen and oxygen atoms in total. The first kappa shape index (κ1) is 20.1. The Kier molecular flexibility index (Phi) is 5.81. The average molecular weight is 467 g/mol. The standard InChI is InChI=1S/C23H19BrN2O4/c24-14-9-10-25-15(11-14)12-21(22(27)28)26-23(29)30-13-20-18-7-3-1-5-16(18)17-6-2-4-8-19(17)20/h1-11,20-21H,12-13H2,(H,26,29)(H,27,28)/t21-/m0/s1. The summed E-state index contributed by atoms with van der Waals surface area (Å²) in [5.41, 5.74) is 5.01. The Bertz CT molecular complexity index is 1060. The number of carboxylic acid groups (broad SMARTS) is 1. The third kappa shape index (κ3) is 4.21. The molecule has 1 atom stereocenters. The van der Waals surface area contributed by atoms with E-state index in [2.05, 4.69) is 38.4 Å². The number of fused-ring (bicyclic) bond motifs is 3. The van der Waals surface area contributed by atoms with Crippen molar-refractivity contribution in [2.75, 3.05) is 6.61 Å². The van der Waals surface area contributed by atoms with Gasteiger partial charge in [0.25, 0.3) is 0 Å². The average Bonchev–Trinajstić information content (AvgIpc) is 3.06. The van der Waals surface area contributed by atoms with Gasteiger partial charge in [-0.1, -0.05) is 64.5 Å². The number of ether oxygens (including phenoxy) is 1. The summed E-state index contributed by atoms with van der Waals surface area (Å²) in [6.45, 7) is 0.126. The van der Waals surface area contributed by atoms with Crippen LogP contribution in [0.5, 0.6) is 0 Å². The van der Waals surface area contributed by atoms with E-state index in [1.54, 1.807) is 18.3 Å². The summed E-state index contributed by atoms with van der Waals surface area (Å²) < 4.78 is 6.23. The summed E-state index contributed by atoms with van der Waals surface area (Å²) in [6, 6.07) is 18.4. The number of amides is 1. The number of hydrogen-bond donors (Lipinski definition) is 2. The molecule has 0 unspecified atom stereocenters. The highest BCUT2D eigenvalue weighted by molar-refractivity contribution is 9.10. The largest absolute Gasteiger partial charge is 0.480 e. The van der Waals surface area contributed by atoms with Crippen LogP contribution in [0.3, 0.4) is 0 Å². The normalized spacial score (nSPS) is 13.2. The van der Waals surface area contributed by atoms with Crippen molar-refractivity contribution in [2.24, 2.45) is 0 Å². The van der Waals surface area contributed by atoms with E-state index < -0.39 is 18.1 Å². The highest BCUT2D eigenvalue weighted by Gasteiger charge is 2.29. The lowest BCUT2D eigenvalue weighted by molar-refractivity contribution is -0.139. The molecule has 0 saturated carbocycles. The Balaban J connectivity index is 1.43. The predicted molar refractivity (Wildman–Crippen MR) is 115 cm³/mol. The number of carbonyl (C=O) groups is 2. The van der Waals surface area contributed by atoms with Crippen LogP contribution < -0.4 is 5.32 Å². The van der Waals surface area contributed by atoms with Gasteiger partial charge in [0.2, 0.25) is 0 Å². The second-order valence-corrected chi connectivity index (χ2v) is 7.95. The van der Waals surface area contributed by atoms with Crippen molar-refractivity contribution in [3.63, 3.8) is 0 Å². The van der Waals surface area contributed by atoms with E-state index in [4.69, 9.17) is 4.74 Å². The lowest BCUT2D eigenvalue weighted by Crippen LogP contribution is -2.43. The Morgan fingerprint density at radius 3 is 2.30 bits per heavy atom. The fourth-order valence-electron chi connectivity index (χ4n) is 3.75. The molecule has 0 radical (unpaired) electrons. The van der Waals surface area contributed by atoms with Crippen LogP contribution in [0.25, 0.3) is 11.1 Å². The maximum Gasteiger partial charge on any atom is 0.407 e. The Labute approximate surface area is 182 Å². The SMILES string of the molecule is O=C(N[C@@H](Cc1cc(Br)ccn1)C(=O)O)OCC1c2ccccc2-c2ccccc21. The number of nitrogens with one attached hydrogen (secondary N) is 1. The zero-order chi connectivity index (χ0) is 21.1. The van der Waals surface area contributed by atoms with Gasteiger partial charge in [-0.25, -0.2) is 9.59 Å². The van der Waals surface area contributed by atoms with E-state index in [0.29, 0.717) is 5.69 Å². The number of aliphatic carboxylic acids is 1. The van der Waals surface area contributed by atoms with Crippen molar-refractivity contribution in [2.45, 2.75) is 18.4 Å². The summed E-state index contributed by atoms with van der Waals surface area (Å²) in [5.74, 6) is -1.23. The smallest absolute Gasteiger partial charge is 0.407 e. The number of nitrogens with zero attached hydrogens (tertiary/aromatic N) is 1. The molecular weight excluding hydrogens is 448 g/mol. The molecule has 1 aliphatic rings. The zero-order valence-corrected chi connectivity index (χ0v) is 17.5. The minimum atomic E-state index is -1.15. The van der Waals surface area contributed by atoms with Gasteiger partial charge in [0, 0.05) is 28.7 Å². The quantitative estimate of drug-likeness (QED) is 0.562. The molecule has 4 rings (SSSR count). The number of carbonyl (C=O) groups excluding carboxylic acids is 1. The molecule has 1 heterocycles. The summed E-state index contributed by atoms with van der Waals surface area (Å²) in [6.07, 6.45) is 0.865. The molecule has 152 valence electrons. The van der Waals surface area contributed by atoms with Gasteiger partial charge in [0.1, 0.15) is 12.6 Å². The highest BCUT2D eigenvalue weighted by Crippen LogP contribution is 2.44. The summed E-state index contributed by atoms with van der Waals surface area (Å²) >= 11 is 3.33. The van der Waals surface area contributed by atoms with Gasteiger partial charge < -0.3 is 15.2 Å². The molecule has 30 heavy (non-hydrogen) atoms. The van der Waals surface area contributed by atoms with Gasteiger partial charge in [0.15, 0.2) is 0 Å². The van der Waals surface area contributed by atoms with Gasteiger partial charge in [-0.15, -0.1) is 0 Å². The molecule has 2 aromatic carbocycles. The molecule has 1 amide bonds. The molecule has 1 aliphatic carbocycles. The second kappa shape index (κ2) is 8.67. The number of aromatic nitrogens is 1. The maximum absolute atomic E-state index is 12.4. The molecule has 3 aromatic rings. The number of halogens is 1. The number of pyridine rings is 1. The van der Waals surface area contributed by atoms with Crippen molar-refractivity contribution in [1.29, 1.82) is 0 Å². The Morgan fingerprint density at radius 1 is 1.07 bits per heavy atom. The molecule has 0 bridgehead atoms. The van der Waals surface area contributed by atoms with Gasteiger partial charge in [-0.3, -0.25) is 4.98 Å². The number of hydrogen-bond acceptors (Lipinski definition) is 4. The number of carboxylic acids is 1. The summed E-state index contributed by atoms with van der Waals surface area (Å²) in [7, 11) is 0. The first-order valence-corrected chi connectivity index (χ1v) is 10.3. The topological polar surface area (TPSA) is 88.5 Å².